The molecule has 2 rings (SSSR count). The third-order valence-corrected chi connectivity index (χ3v) is 3.40. The first-order valence-electron chi connectivity index (χ1n) is 8.71. The number of carbonyl (C=O) groups is 1. The van der Waals surface area contributed by atoms with E-state index in [0.29, 0.717) is 25.6 Å². The smallest absolute Gasteiger partial charge is 0.407 e. The van der Waals surface area contributed by atoms with Crippen LogP contribution in [0.15, 0.2) is 35.6 Å². The van der Waals surface area contributed by atoms with E-state index in [1.165, 1.54) is 0 Å². The molecule has 150 valence electrons. The summed E-state index contributed by atoms with van der Waals surface area (Å²) in [5.41, 5.74) is 1.47. The second-order valence-electron chi connectivity index (χ2n) is 6.80. The average molecular weight is 488 g/mol. The number of ether oxygens (including phenoxy) is 1. The molecule has 27 heavy (non-hydrogen) atoms. The number of carbonyl (C=O) groups excluding carboxylic acids is 1. The Hall–Kier alpha value is -2.04. The fourth-order valence-corrected chi connectivity index (χ4v) is 2.30. The number of hydrogen-bond donors (Lipinski definition) is 3. The molecule has 1 amide bonds. The zero-order valence-corrected chi connectivity index (χ0v) is 18.6. The molecule has 0 saturated heterocycles. The monoisotopic (exact) mass is 488 g/mol. The first kappa shape index (κ1) is 23.0. The fraction of sp³-hybridized carbons (Fsp3) is 0.500. The molecule has 0 spiro atoms. The van der Waals surface area contributed by atoms with Crippen molar-refractivity contribution in [3.8, 4) is 0 Å². The van der Waals surface area contributed by atoms with Gasteiger partial charge in [-0.15, -0.1) is 24.0 Å². The molecular formula is C18H29IN6O2. The molecule has 3 N–H and O–H groups in total. The number of halogens is 1. The molecule has 2 heterocycles. The fourth-order valence-electron chi connectivity index (χ4n) is 2.30. The third kappa shape index (κ3) is 8.46. The van der Waals surface area contributed by atoms with Crippen LogP contribution >= 0.6 is 24.0 Å². The lowest BCUT2D eigenvalue weighted by molar-refractivity contribution is 0.0529. The number of nitrogens with one attached hydrogen (secondary N) is 3. The molecule has 2 aromatic rings. The summed E-state index contributed by atoms with van der Waals surface area (Å²) in [6.07, 6.45) is 4.38. The van der Waals surface area contributed by atoms with Crippen LogP contribution in [0.25, 0.3) is 5.65 Å². The summed E-state index contributed by atoms with van der Waals surface area (Å²) in [6.45, 7) is 7.21. The van der Waals surface area contributed by atoms with Crippen molar-refractivity contribution < 1.29 is 9.53 Å². The predicted molar refractivity (Wildman–Crippen MR) is 118 cm³/mol. The van der Waals surface area contributed by atoms with Gasteiger partial charge in [-0.25, -0.2) is 9.78 Å². The van der Waals surface area contributed by atoms with Crippen LogP contribution in [-0.4, -0.2) is 53.7 Å². The molecule has 0 radical (unpaired) electrons. The molecule has 0 aliphatic heterocycles. The summed E-state index contributed by atoms with van der Waals surface area (Å²) in [5, 5.41) is 9.07. The zero-order chi connectivity index (χ0) is 19.0. The molecule has 0 aliphatic rings. The van der Waals surface area contributed by atoms with E-state index in [0.717, 1.165) is 17.8 Å². The Morgan fingerprint density at radius 2 is 1.89 bits per heavy atom. The maximum absolute atomic E-state index is 11.6. The Kier molecular flexibility index (Phi) is 9.33. The second-order valence-corrected chi connectivity index (χ2v) is 6.80. The summed E-state index contributed by atoms with van der Waals surface area (Å²) in [6, 6.07) is 5.93. The minimum Gasteiger partial charge on any atom is -0.444 e. The van der Waals surface area contributed by atoms with Crippen molar-refractivity contribution in [2.24, 2.45) is 4.99 Å². The molecule has 2 aromatic heterocycles. The van der Waals surface area contributed by atoms with Crippen molar-refractivity contribution in [3.63, 3.8) is 0 Å². The first-order valence-corrected chi connectivity index (χ1v) is 8.71. The predicted octanol–water partition coefficient (Wildman–Crippen LogP) is 2.18. The van der Waals surface area contributed by atoms with E-state index in [-0.39, 0.29) is 24.0 Å². The van der Waals surface area contributed by atoms with Crippen LogP contribution in [-0.2, 0) is 11.2 Å². The Bertz CT molecular complexity index is 721. The summed E-state index contributed by atoms with van der Waals surface area (Å²) in [7, 11) is 1.71. The van der Waals surface area contributed by atoms with Crippen LogP contribution in [0, 0.1) is 0 Å². The molecular weight excluding hydrogens is 459 g/mol. The van der Waals surface area contributed by atoms with Crippen molar-refractivity contribution in [1.29, 1.82) is 0 Å². The third-order valence-electron chi connectivity index (χ3n) is 3.40. The maximum Gasteiger partial charge on any atom is 0.407 e. The quantitative estimate of drug-likeness (QED) is 0.251. The molecule has 0 aromatic carbocycles. The van der Waals surface area contributed by atoms with Gasteiger partial charge in [0.1, 0.15) is 11.2 Å². The minimum absolute atomic E-state index is 0. The second kappa shape index (κ2) is 11.0. The van der Waals surface area contributed by atoms with Crippen molar-refractivity contribution in [1.82, 2.24) is 25.3 Å². The van der Waals surface area contributed by atoms with E-state index in [9.17, 15) is 4.79 Å². The maximum atomic E-state index is 11.6. The molecule has 8 nitrogen and oxygen atoms in total. The first-order chi connectivity index (χ1) is 12.4. The lowest BCUT2D eigenvalue weighted by atomic mass is 10.2. The van der Waals surface area contributed by atoms with Gasteiger partial charge in [0.05, 0.1) is 5.69 Å². The van der Waals surface area contributed by atoms with Crippen LogP contribution in [0.5, 0.6) is 0 Å². The van der Waals surface area contributed by atoms with E-state index in [2.05, 4.69) is 25.9 Å². The van der Waals surface area contributed by atoms with Gasteiger partial charge in [-0.3, -0.25) is 4.99 Å². The number of rotatable bonds is 6. The van der Waals surface area contributed by atoms with Crippen LogP contribution in [0.1, 0.15) is 26.5 Å². The van der Waals surface area contributed by atoms with Gasteiger partial charge in [0.2, 0.25) is 0 Å². The van der Waals surface area contributed by atoms with Gasteiger partial charge in [-0.1, -0.05) is 6.07 Å². The molecule has 0 unspecified atom stereocenters. The standard InChI is InChI=1S/C18H28N6O2.HI/c1-18(2,3)26-17(25)22-11-10-21-16(19-4)20-9-8-14-13-24-12-6-5-7-15(24)23-14;/h5-7,12-13H,8-11H2,1-4H3,(H,22,25)(H2,19,20,21);1H. The summed E-state index contributed by atoms with van der Waals surface area (Å²) < 4.78 is 7.18. The number of aromatic nitrogens is 2. The van der Waals surface area contributed by atoms with Crippen molar-refractivity contribution in [3.05, 3.63) is 36.3 Å². The largest absolute Gasteiger partial charge is 0.444 e. The number of nitrogens with zero attached hydrogens (tertiary/aromatic N) is 3. The van der Waals surface area contributed by atoms with Gasteiger partial charge >= 0.3 is 6.09 Å². The number of aliphatic imine (C=N–C) groups is 1. The van der Waals surface area contributed by atoms with Crippen LogP contribution in [0.4, 0.5) is 4.79 Å². The number of guanidine groups is 1. The normalized spacial score (nSPS) is 11.6. The summed E-state index contributed by atoms with van der Waals surface area (Å²) in [4.78, 5) is 20.3. The summed E-state index contributed by atoms with van der Waals surface area (Å²) >= 11 is 0. The Morgan fingerprint density at radius 3 is 2.56 bits per heavy atom. The van der Waals surface area contributed by atoms with Gasteiger partial charge in [-0.2, -0.15) is 0 Å². The van der Waals surface area contributed by atoms with Gasteiger partial charge < -0.3 is 25.1 Å². The van der Waals surface area contributed by atoms with E-state index in [1.807, 2.05) is 55.8 Å². The molecule has 0 saturated carbocycles. The SMILES string of the molecule is CN=C(NCCNC(=O)OC(C)(C)C)NCCc1cn2ccccc2n1.I. The Morgan fingerprint density at radius 1 is 1.19 bits per heavy atom. The Labute approximate surface area is 177 Å². The van der Waals surface area contributed by atoms with Crippen LogP contribution in [0.2, 0.25) is 0 Å². The molecule has 0 fully saturated rings. The van der Waals surface area contributed by atoms with Crippen molar-refractivity contribution >= 4 is 41.7 Å². The average Bonchev–Trinajstić information content (AvgIpc) is 2.98. The van der Waals surface area contributed by atoms with E-state index in [1.54, 1.807) is 7.05 Å². The zero-order valence-electron chi connectivity index (χ0n) is 16.3. The minimum atomic E-state index is -0.493. The highest BCUT2D eigenvalue weighted by atomic mass is 127. The van der Waals surface area contributed by atoms with Gasteiger partial charge in [-0.05, 0) is 32.9 Å². The van der Waals surface area contributed by atoms with Crippen molar-refractivity contribution in [2.45, 2.75) is 32.8 Å². The molecule has 0 bridgehead atoms. The summed E-state index contributed by atoms with van der Waals surface area (Å²) in [5.74, 6) is 0.680. The molecule has 9 heteroatoms. The van der Waals surface area contributed by atoms with Crippen LogP contribution in [0.3, 0.4) is 0 Å². The number of amides is 1. The van der Waals surface area contributed by atoms with Gasteiger partial charge in [0.25, 0.3) is 0 Å². The Balaban J connectivity index is 0.00000364. The van der Waals surface area contributed by atoms with E-state index < -0.39 is 11.7 Å². The van der Waals surface area contributed by atoms with E-state index in [4.69, 9.17) is 4.74 Å². The number of fused-ring (bicyclic) bond motifs is 1. The van der Waals surface area contributed by atoms with Gasteiger partial charge in [0, 0.05) is 45.5 Å². The number of hydrogen-bond acceptors (Lipinski definition) is 4. The number of imidazole rings is 1. The molecule has 0 aliphatic carbocycles. The highest BCUT2D eigenvalue weighted by Gasteiger charge is 2.15. The highest BCUT2D eigenvalue weighted by molar-refractivity contribution is 14.0. The number of alkyl carbamates (subject to hydrolysis) is 1. The van der Waals surface area contributed by atoms with Gasteiger partial charge in [0.15, 0.2) is 5.96 Å². The lowest BCUT2D eigenvalue weighted by Gasteiger charge is -2.19. The highest BCUT2D eigenvalue weighted by Crippen LogP contribution is 2.06. The lowest BCUT2D eigenvalue weighted by Crippen LogP contribution is -2.43. The molecule has 0 atom stereocenters. The van der Waals surface area contributed by atoms with Crippen LogP contribution < -0.4 is 16.0 Å². The van der Waals surface area contributed by atoms with E-state index >= 15 is 0 Å². The topological polar surface area (TPSA) is 92.0 Å². The number of pyridine rings is 1. The van der Waals surface area contributed by atoms with Crippen molar-refractivity contribution in [2.75, 3.05) is 26.7 Å².